The van der Waals surface area contributed by atoms with Crippen LogP contribution in [0.1, 0.15) is 12.5 Å². The highest BCUT2D eigenvalue weighted by atomic mass is 35.5. The van der Waals surface area contributed by atoms with E-state index in [2.05, 4.69) is 15.7 Å². The fraction of sp³-hybridized carbons (Fsp3) is 0.150. The summed E-state index contributed by atoms with van der Waals surface area (Å²) in [5.41, 5.74) is -0.664. The molecule has 2 N–H and O–H groups in total. The largest absolute Gasteiger partial charge is 0.466 e. The monoisotopic (exact) mass is 414 g/mol. The number of hydrogen-bond donors (Lipinski definition) is 2. The summed E-state index contributed by atoms with van der Waals surface area (Å²) in [6, 6.07) is 12.5. The summed E-state index contributed by atoms with van der Waals surface area (Å²) in [6.07, 6.45) is 1.64. The van der Waals surface area contributed by atoms with E-state index in [1.807, 2.05) is 0 Å². The molecule has 2 amide bonds. The average Bonchev–Trinajstić information content (AvgIpc) is 3.10. The molecule has 2 aromatic carbocycles. The zero-order chi connectivity index (χ0) is 20.6. The predicted molar refractivity (Wildman–Crippen MR) is 105 cm³/mol. The fourth-order valence-electron chi connectivity index (χ4n) is 2.92. The molecule has 2 heterocycles. The predicted octanol–water partition coefficient (Wildman–Crippen LogP) is 3.45. The van der Waals surface area contributed by atoms with Crippen LogP contribution in [-0.2, 0) is 16.1 Å². The number of rotatable bonds is 4. The van der Waals surface area contributed by atoms with Crippen LogP contribution in [0.2, 0.25) is 5.02 Å². The van der Waals surface area contributed by atoms with Crippen LogP contribution < -0.4 is 15.4 Å². The summed E-state index contributed by atoms with van der Waals surface area (Å²) in [4.78, 5) is 25.3. The van der Waals surface area contributed by atoms with Gasteiger partial charge in [-0.15, -0.1) is 0 Å². The molecule has 0 fully saturated rings. The zero-order valence-electron chi connectivity index (χ0n) is 15.3. The lowest BCUT2D eigenvalue weighted by Gasteiger charge is -2.33. The van der Waals surface area contributed by atoms with Gasteiger partial charge in [-0.1, -0.05) is 23.7 Å². The molecule has 0 spiro atoms. The highest BCUT2D eigenvalue weighted by Gasteiger charge is 2.47. The molecule has 1 unspecified atom stereocenters. The van der Waals surface area contributed by atoms with Gasteiger partial charge in [-0.2, -0.15) is 5.10 Å². The number of halogens is 2. The average molecular weight is 415 g/mol. The molecule has 4 rings (SSSR count). The van der Waals surface area contributed by atoms with Gasteiger partial charge < -0.3 is 15.4 Å². The number of nitrogens with one attached hydrogen (secondary N) is 2. The SMILES string of the molecule is CC1(C(=O)Nc2ccn(Cc3cccc(F)c3)n2)Oc2ccc(Cl)cc2NC1=O. The van der Waals surface area contributed by atoms with Crippen molar-refractivity contribution < 1.29 is 18.7 Å². The molecule has 1 aliphatic rings. The second kappa shape index (κ2) is 7.21. The standard InChI is InChI=1S/C20H16ClFN4O3/c1-20(18(27)23-15-10-13(21)5-6-16(15)29-20)19(28)24-17-7-8-26(25-17)11-12-3-2-4-14(22)9-12/h2-10H,11H2,1H3,(H,23,27)(H,24,25,28). The minimum absolute atomic E-state index is 0.242. The molecular formula is C20H16ClFN4O3. The third kappa shape index (κ3) is 3.79. The van der Waals surface area contributed by atoms with Gasteiger partial charge in [-0.25, -0.2) is 4.39 Å². The maximum absolute atomic E-state index is 13.3. The number of nitrogens with zero attached hydrogens (tertiary/aromatic N) is 2. The van der Waals surface area contributed by atoms with E-state index < -0.39 is 17.4 Å². The molecule has 9 heteroatoms. The first-order chi connectivity index (χ1) is 13.8. The van der Waals surface area contributed by atoms with Crippen LogP contribution in [0.5, 0.6) is 5.75 Å². The zero-order valence-corrected chi connectivity index (χ0v) is 16.0. The molecule has 0 radical (unpaired) electrons. The van der Waals surface area contributed by atoms with Crippen molar-refractivity contribution in [3.8, 4) is 5.75 Å². The number of benzene rings is 2. The van der Waals surface area contributed by atoms with Gasteiger partial charge in [0.15, 0.2) is 5.82 Å². The lowest BCUT2D eigenvalue weighted by Crippen LogP contribution is -2.56. The normalized spacial score (nSPS) is 17.8. The minimum atomic E-state index is -1.78. The van der Waals surface area contributed by atoms with Crippen LogP contribution in [0.25, 0.3) is 0 Å². The molecule has 3 aromatic rings. The Labute approximate surface area is 170 Å². The molecule has 0 saturated carbocycles. The number of carbonyl (C=O) groups is 2. The van der Waals surface area contributed by atoms with E-state index in [4.69, 9.17) is 16.3 Å². The summed E-state index contributed by atoms with van der Waals surface area (Å²) in [5.74, 6) is -1.05. The van der Waals surface area contributed by atoms with Gasteiger partial charge >= 0.3 is 0 Å². The first-order valence-electron chi connectivity index (χ1n) is 8.73. The highest BCUT2D eigenvalue weighted by molar-refractivity contribution is 6.31. The Bertz CT molecular complexity index is 1120. The van der Waals surface area contributed by atoms with Gasteiger partial charge in [0.25, 0.3) is 17.4 Å². The number of carbonyl (C=O) groups excluding carboxylic acids is 2. The summed E-state index contributed by atoms with van der Waals surface area (Å²) in [7, 11) is 0. The molecule has 7 nitrogen and oxygen atoms in total. The number of amides is 2. The second-order valence-corrected chi connectivity index (χ2v) is 7.15. The van der Waals surface area contributed by atoms with Crippen LogP contribution >= 0.6 is 11.6 Å². The smallest absolute Gasteiger partial charge is 0.279 e. The van der Waals surface area contributed by atoms with Gasteiger partial charge in [0.05, 0.1) is 12.2 Å². The van der Waals surface area contributed by atoms with E-state index in [9.17, 15) is 14.0 Å². The number of aromatic nitrogens is 2. The Morgan fingerprint density at radius 2 is 2.14 bits per heavy atom. The maximum Gasteiger partial charge on any atom is 0.279 e. The van der Waals surface area contributed by atoms with Crippen molar-refractivity contribution in [3.05, 3.63) is 71.1 Å². The summed E-state index contributed by atoms with van der Waals surface area (Å²) in [6.45, 7) is 1.70. The maximum atomic E-state index is 13.3. The fourth-order valence-corrected chi connectivity index (χ4v) is 3.09. The van der Waals surface area contributed by atoms with Gasteiger partial charge in [0.2, 0.25) is 0 Å². The Morgan fingerprint density at radius 3 is 2.93 bits per heavy atom. The first kappa shape index (κ1) is 18.9. The van der Waals surface area contributed by atoms with Gasteiger partial charge in [0.1, 0.15) is 11.6 Å². The lowest BCUT2D eigenvalue weighted by atomic mass is 10.0. The molecule has 1 atom stereocenters. The van der Waals surface area contributed by atoms with Crippen LogP contribution in [0.4, 0.5) is 15.9 Å². The van der Waals surface area contributed by atoms with Crippen molar-refractivity contribution in [2.45, 2.75) is 19.1 Å². The van der Waals surface area contributed by atoms with E-state index in [0.717, 1.165) is 5.56 Å². The van der Waals surface area contributed by atoms with Crippen molar-refractivity contribution in [1.82, 2.24) is 9.78 Å². The molecule has 1 aliphatic heterocycles. The quantitative estimate of drug-likeness (QED) is 0.640. The molecule has 0 saturated heterocycles. The van der Waals surface area contributed by atoms with E-state index in [1.165, 1.54) is 19.1 Å². The summed E-state index contributed by atoms with van der Waals surface area (Å²) in [5, 5.41) is 9.89. The molecule has 0 aliphatic carbocycles. The molecule has 148 valence electrons. The van der Waals surface area contributed by atoms with E-state index in [0.29, 0.717) is 23.0 Å². The number of ether oxygens (including phenoxy) is 1. The summed E-state index contributed by atoms with van der Waals surface area (Å²) >= 11 is 5.92. The number of hydrogen-bond acceptors (Lipinski definition) is 4. The Kier molecular flexibility index (Phi) is 4.71. The minimum Gasteiger partial charge on any atom is -0.466 e. The summed E-state index contributed by atoms with van der Waals surface area (Å²) < 4.78 is 20.5. The molecule has 1 aromatic heterocycles. The van der Waals surface area contributed by atoms with Crippen LogP contribution in [0.3, 0.4) is 0 Å². The third-order valence-electron chi connectivity index (χ3n) is 4.49. The van der Waals surface area contributed by atoms with Crippen molar-refractivity contribution >= 4 is 34.9 Å². The van der Waals surface area contributed by atoms with Gasteiger partial charge in [0, 0.05) is 17.3 Å². The third-order valence-corrected chi connectivity index (χ3v) is 4.72. The van der Waals surface area contributed by atoms with Gasteiger partial charge in [-0.3, -0.25) is 14.3 Å². The number of anilines is 2. The number of fused-ring (bicyclic) bond motifs is 1. The Balaban J connectivity index is 1.48. The van der Waals surface area contributed by atoms with Crippen LogP contribution in [0, 0.1) is 5.82 Å². The highest BCUT2D eigenvalue weighted by Crippen LogP contribution is 2.35. The van der Waals surface area contributed by atoms with E-state index in [-0.39, 0.29) is 11.6 Å². The Hall–Kier alpha value is -3.39. The van der Waals surface area contributed by atoms with Crippen molar-refractivity contribution in [2.75, 3.05) is 10.6 Å². The van der Waals surface area contributed by atoms with Crippen LogP contribution in [-0.4, -0.2) is 27.2 Å². The van der Waals surface area contributed by atoms with E-state index in [1.54, 1.807) is 47.3 Å². The molecule has 0 bridgehead atoms. The van der Waals surface area contributed by atoms with E-state index >= 15 is 0 Å². The van der Waals surface area contributed by atoms with Crippen molar-refractivity contribution in [1.29, 1.82) is 0 Å². The Morgan fingerprint density at radius 1 is 1.31 bits per heavy atom. The van der Waals surface area contributed by atoms with Crippen molar-refractivity contribution in [2.24, 2.45) is 0 Å². The topological polar surface area (TPSA) is 85.2 Å². The first-order valence-corrected chi connectivity index (χ1v) is 9.11. The second-order valence-electron chi connectivity index (χ2n) is 6.71. The molecule has 29 heavy (non-hydrogen) atoms. The van der Waals surface area contributed by atoms with Crippen molar-refractivity contribution in [3.63, 3.8) is 0 Å². The van der Waals surface area contributed by atoms with Crippen LogP contribution in [0.15, 0.2) is 54.7 Å². The molecular weight excluding hydrogens is 399 g/mol. The lowest BCUT2D eigenvalue weighted by molar-refractivity contribution is -0.143. The van der Waals surface area contributed by atoms with Gasteiger partial charge in [-0.05, 0) is 42.8 Å².